The zero-order valence-corrected chi connectivity index (χ0v) is 9.99. The summed E-state index contributed by atoms with van der Waals surface area (Å²) in [6, 6.07) is 0. The second-order valence-electron chi connectivity index (χ2n) is 4.03. The van der Waals surface area contributed by atoms with Crippen LogP contribution in [0.5, 0.6) is 0 Å². The predicted octanol–water partition coefficient (Wildman–Crippen LogP) is 1.69. The molecule has 1 aliphatic rings. The molecule has 88 valence electrons. The van der Waals surface area contributed by atoms with Crippen LogP contribution in [-0.4, -0.2) is 35.0 Å². The number of rotatable bonds is 3. The van der Waals surface area contributed by atoms with Crippen molar-refractivity contribution >= 4 is 17.4 Å². The quantitative estimate of drug-likeness (QED) is 0.876. The average molecular weight is 244 g/mol. The molecule has 1 N–H and O–H groups in total. The lowest BCUT2D eigenvalue weighted by molar-refractivity contribution is -0.136. The Morgan fingerprint density at radius 1 is 1.50 bits per heavy atom. The maximum atomic E-state index is 5.86. The van der Waals surface area contributed by atoms with E-state index in [4.69, 9.17) is 21.1 Å². The van der Waals surface area contributed by atoms with Crippen molar-refractivity contribution in [3.8, 4) is 0 Å². The van der Waals surface area contributed by atoms with E-state index < -0.39 is 5.79 Å². The number of nitrogens with zero attached hydrogens (tertiary/aromatic N) is 2. The summed E-state index contributed by atoms with van der Waals surface area (Å²) in [6.07, 6.45) is 3.14. The van der Waals surface area contributed by atoms with Crippen molar-refractivity contribution in [1.29, 1.82) is 0 Å². The Bertz CT molecular complexity index is 373. The van der Waals surface area contributed by atoms with E-state index in [1.165, 1.54) is 0 Å². The molecular formula is C10H14ClN3O2. The average Bonchev–Trinajstić information content (AvgIpc) is 2.57. The van der Waals surface area contributed by atoms with Gasteiger partial charge in [0.1, 0.15) is 6.10 Å². The first-order chi connectivity index (χ1) is 7.57. The highest BCUT2D eigenvalue weighted by molar-refractivity contribution is 6.31. The lowest BCUT2D eigenvalue weighted by atomic mass is 10.3. The van der Waals surface area contributed by atoms with E-state index in [0.717, 1.165) is 0 Å². The number of ether oxygens (including phenoxy) is 2. The molecular weight excluding hydrogens is 230 g/mol. The molecule has 0 amide bonds. The smallest absolute Gasteiger partial charge is 0.171 e. The van der Waals surface area contributed by atoms with Gasteiger partial charge < -0.3 is 14.8 Å². The van der Waals surface area contributed by atoms with Crippen LogP contribution in [0.15, 0.2) is 12.4 Å². The van der Waals surface area contributed by atoms with Gasteiger partial charge in [0, 0.05) is 18.9 Å². The van der Waals surface area contributed by atoms with Gasteiger partial charge in [-0.25, -0.2) is 9.97 Å². The molecule has 1 aromatic rings. The fourth-order valence-corrected chi connectivity index (χ4v) is 1.69. The first-order valence-corrected chi connectivity index (χ1v) is 5.47. The number of hydrogen-bond donors (Lipinski definition) is 1. The molecule has 1 aliphatic heterocycles. The SMILES string of the molecule is CC1(C)OCC(CNc2nccnc2Cl)O1. The highest BCUT2D eigenvalue weighted by Gasteiger charge is 2.32. The normalized spacial score (nSPS) is 23.3. The summed E-state index contributed by atoms with van der Waals surface area (Å²) in [4.78, 5) is 7.99. The minimum absolute atomic E-state index is 0.00747. The molecule has 0 aromatic carbocycles. The molecule has 1 saturated heterocycles. The lowest BCUT2D eigenvalue weighted by Crippen LogP contribution is -2.26. The molecule has 0 bridgehead atoms. The summed E-state index contributed by atoms with van der Waals surface area (Å²) in [7, 11) is 0. The van der Waals surface area contributed by atoms with Crippen LogP contribution in [0.4, 0.5) is 5.82 Å². The van der Waals surface area contributed by atoms with E-state index in [2.05, 4.69) is 15.3 Å². The Morgan fingerprint density at radius 3 is 2.88 bits per heavy atom. The van der Waals surface area contributed by atoms with Crippen LogP contribution in [0, 0.1) is 0 Å². The fourth-order valence-electron chi connectivity index (χ4n) is 1.51. The first kappa shape index (κ1) is 11.6. The first-order valence-electron chi connectivity index (χ1n) is 5.09. The standard InChI is InChI=1S/C10H14ClN3O2/c1-10(2)15-6-7(16-10)5-14-9-8(11)12-3-4-13-9/h3-4,7H,5-6H2,1-2H3,(H,13,14). The van der Waals surface area contributed by atoms with Crippen LogP contribution >= 0.6 is 11.6 Å². The van der Waals surface area contributed by atoms with Gasteiger partial charge in [-0.05, 0) is 13.8 Å². The van der Waals surface area contributed by atoms with Gasteiger partial charge in [0.15, 0.2) is 16.8 Å². The number of aromatic nitrogens is 2. The Hall–Kier alpha value is -0.910. The van der Waals surface area contributed by atoms with E-state index >= 15 is 0 Å². The third kappa shape index (κ3) is 2.81. The molecule has 1 atom stereocenters. The van der Waals surface area contributed by atoms with Crippen molar-refractivity contribution in [3.05, 3.63) is 17.5 Å². The molecule has 1 unspecified atom stereocenters. The van der Waals surface area contributed by atoms with Crippen LogP contribution in [-0.2, 0) is 9.47 Å². The van der Waals surface area contributed by atoms with Gasteiger partial charge >= 0.3 is 0 Å². The fraction of sp³-hybridized carbons (Fsp3) is 0.600. The highest BCUT2D eigenvalue weighted by Crippen LogP contribution is 2.23. The van der Waals surface area contributed by atoms with Gasteiger partial charge in [-0.2, -0.15) is 0 Å². The van der Waals surface area contributed by atoms with Gasteiger partial charge in [-0.3, -0.25) is 0 Å². The van der Waals surface area contributed by atoms with E-state index in [1.807, 2.05) is 13.8 Å². The molecule has 0 radical (unpaired) electrons. The van der Waals surface area contributed by atoms with E-state index in [-0.39, 0.29) is 6.10 Å². The molecule has 1 aromatic heterocycles. The van der Waals surface area contributed by atoms with Gasteiger partial charge in [-0.1, -0.05) is 11.6 Å². The topological polar surface area (TPSA) is 56.3 Å². The second kappa shape index (κ2) is 4.53. The third-order valence-electron chi connectivity index (χ3n) is 2.22. The second-order valence-corrected chi connectivity index (χ2v) is 4.39. The molecule has 5 nitrogen and oxygen atoms in total. The van der Waals surface area contributed by atoms with Gasteiger partial charge in [0.05, 0.1) is 6.61 Å². The Labute approximate surface area is 99.1 Å². The van der Waals surface area contributed by atoms with Gasteiger partial charge in [0.25, 0.3) is 0 Å². The zero-order valence-electron chi connectivity index (χ0n) is 9.24. The Morgan fingerprint density at radius 2 is 2.25 bits per heavy atom. The van der Waals surface area contributed by atoms with Crippen molar-refractivity contribution in [2.75, 3.05) is 18.5 Å². The lowest BCUT2D eigenvalue weighted by Gasteiger charge is -2.17. The van der Waals surface area contributed by atoms with Gasteiger partial charge in [0.2, 0.25) is 0 Å². The number of nitrogens with one attached hydrogen (secondary N) is 1. The Balaban J connectivity index is 1.87. The van der Waals surface area contributed by atoms with Crippen LogP contribution in [0.1, 0.15) is 13.8 Å². The van der Waals surface area contributed by atoms with Crippen LogP contribution in [0.3, 0.4) is 0 Å². The Kier molecular flexibility index (Phi) is 3.28. The predicted molar refractivity (Wildman–Crippen MR) is 60.4 cm³/mol. The minimum atomic E-state index is -0.501. The van der Waals surface area contributed by atoms with E-state index in [9.17, 15) is 0 Å². The van der Waals surface area contributed by atoms with Crippen molar-refractivity contribution < 1.29 is 9.47 Å². The zero-order chi connectivity index (χ0) is 11.6. The van der Waals surface area contributed by atoms with Crippen LogP contribution in [0.2, 0.25) is 5.15 Å². The minimum Gasteiger partial charge on any atom is -0.365 e. The maximum Gasteiger partial charge on any atom is 0.171 e. The largest absolute Gasteiger partial charge is 0.365 e. The summed E-state index contributed by atoms with van der Waals surface area (Å²) in [6.45, 7) is 4.95. The molecule has 0 saturated carbocycles. The highest BCUT2D eigenvalue weighted by atomic mass is 35.5. The van der Waals surface area contributed by atoms with E-state index in [0.29, 0.717) is 24.1 Å². The van der Waals surface area contributed by atoms with Crippen molar-refractivity contribution in [2.24, 2.45) is 0 Å². The summed E-state index contributed by atoms with van der Waals surface area (Å²) >= 11 is 5.86. The molecule has 2 heterocycles. The van der Waals surface area contributed by atoms with Crippen LogP contribution in [0.25, 0.3) is 0 Å². The van der Waals surface area contributed by atoms with Crippen molar-refractivity contribution in [1.82, 2.24) is 9.97 Å². The molecule has 0 spiro atoms. The molecule has 6 heteroatoms. The number of hydrogen-bond acceptors (Lipinski definition) is 5. The summed E-state index contributed by atoms with van der Waals surface area (Å²) in [5.74, 6) is 0.0656. The van der Waals surface area contributed by atoms with Crippen LogP contribution < -0.4 is 5.32 Å². The summed E-state index contributed by atoms with van der Waals surface area (Å²) in [5.41, 5.74) is 0. The summed E-state index contributed by atoms with van der Waals surface area (Å²) < 4.78 is 11.1. The summed E-state index contributed by atoms with van der Waals surface area (Å²) in [5, 5.41) is 3.44. The van der Waals surface area contributed by atoms with Crippen molar-refractivity contribution in [2.45, 2.75) is 25.7 Å². The van der Waals surface area contributed by atoms with Crippen molar-refractivity contribution in [3.63, 3.8) is 0 Å². The molecule has 16 heavy (non-hydrogen) atoms. The monoisotopic (exact) mass is 243 g/mol. The number of halogens is 1. The molecule has 0 aliphatic carbocycles. The van der Waals surface area contributed by atoms with Gasteiger partial charge in [-0.15, -0.1) is 0 Å². The number of anilines is 1. The maximum absolute atomic E-state index is 5.86. The van der Waals surface area contributed by atoms with E-state index in [1.54, 1.807) is 12.4 Å². The molecule has 2 rings (SSSR count). The third-order valence-corrected chi connectivity index (χ3v) is 2.49. The molecule has 1 fully saturated rings.